The number of rotatable bonds is 4. The fourth-order valence-corrected chi connectivity index (χ4v) is 3.93. The molecule has 0 aliphatic carbocycles. The van der Waals surface area contributed by atoms with Crippen LogP contribution < -0.4 is 9.47 Å². The Morgan fingerprint density at radius 3 is 2.80 bits per heavy atom. The normalized spacial score (nSPS) is 18.3. The summed E-state index contributed by atoms with van der Waals surface area (Å²) in [5.74, 6) is 2.20. The molecule has 1 saturated heterocycles. The average Bonchev–Trinajstić information content (AvgIpc) is 3.27. The molecule has 154 valence electrons. The van der Waals surface area contributed by atoms with Gasteiger partial charge in [0.05, 0.1) is 6.54 Å². The number of hydrogen-bond acceptors (Lipinski definition) is 7. The summed E-state index contributed by atoms with van der Waals surface area (Å²) in [5, 5.41) is 12.8. The second-order valence-corrected chi connectivity index (χ2v) is 7.52. The van der Waals surface area contributed by atoms with Crippen LogP contribution in [0.2, 0.25) is 0 Å². The molecule has 2 aliphatic rings. The Labute approximate surface area is 173 Å². The van der Waals surface area contributed by atoms with Crippen LogP contribution in [0.25, 0.3) is 11.4 Å². The summed E-state index contributed by atoms with van der Waals surface area (Å²) in [6, 6.07) is 9.11. The zero-order valence-electron chi connectivity index (χ0n) is 16.5. The number of fused-ring (bicyclic) bond motifs is 1. The van der Waals surface area contributed by atoms with E-state index in [-0.39, 0.29) is 11.8 Å². The highest BCUT2D eigenvalue weighted by molar-refractivity contribution is 5.95. The van der Waals surface area contributed by atoms with Gasteiger partial charge in [-0.15, -0.1) is 10.2 Å². The standard InChI is InChI=1S/C21H22N6O3/c28-21(17-3-4-18-19(12-17)30-11-10-29-18)26-9-1-2-15(13-26)14-27-24-20(23-25-27)16-5-7-22-8-6-16/h3-8,12,15H,1-2,9-11,13-14H2/t15-/m0/s1. The van der Waals surface area contributed by atoms with E-state index in [9.17, 15) is 4.79 Å². The first-order valence-electron chi connectivity index (χ1n) is 10.1. The molecule has 1 fully saturated rings. The number of piperidine rings is 1. The summed E-state index contributed by atoms with van der Waals surface area (Å²) in [5.41, 5.74) is 1.51. The third-order valence-corrected chi connectivity index (χ3v) is 5.41. The van der Waals surface area contributed by atoms with Gasteiger partial charge in [0.15, 0.2) is 11.5 Å². The maximum atomic E-state index is 13.0. The Morgan fingerprint density at radius 2 is 1.93 bits per heavy atom. The Morgan fingerprint density at radius 1 is 1.10 bits per heavy atom. The molecule has 1 amide bonds. The Hall–Kier alpha value is -3.49. The van der Waals surface area contributed by atoms with Crippen LogP contribution in [0.3, 0.4) is 0 Å². The summed E-state index contributed by atoms with van der Waals surface area (Å²) < 4.78 is 11.2. The van der Waals surface area contributed by atoms with Gasteiger partial charge >= 0.3 is 0 Å². The lowest BCUT2D eigenvalue weighted by Crippen LogP contribution is -2.41. The van der Waals surface area contributed by atoms with Crippen molar-refractivity contribution >= 4 is 5.91 Å². The third-order valence-electron chi connectivity index (χ3n) is 5.41. The largest absolute Gasteiger partial charge is 0.486 e. The SMILES string of the molecule is O=C(c1ccc2c(c1)OCCO2)N1CCC[C@H](Cn2nnc(-c3ccncc3)n2)C1. The predicted molar refractivity (Wildman–Crippen MR) is 107 cm³/mol. The summed E-state index contributed by atoms with van der Waals surface area (Å²) >= 11 is 0. The molecular weight excluding hydrogens is 384 g/mol. The van der Waals surface area contributed by atoms with Crippen LogP contribution >= 0.6 is 0 Å². The lowest BCUT2D eigenvalue weighted by Gasteiger charge is -2.32. The fourth-order valence-electron chi connectivity index (χ4n) is 3.93. The third kappa shape index (κ3) is 3.83. The molecule has 2 aliphatic heterocycles. The van der Waals surface area contributed by atoms with E-state index in [1.165, 1.54) is 0 Å². The van der Waals surface area contributed by atoms with Gasteiger partial charge in [0.2, 0.25) is 5.82 Å². The van der Waals surface area contributed by atoms with Gasteiger partial charge in [-0.1, -0.05) is 0 Å². The van der Waals surface area contributed by atoms with Crippen LogP contribution in [0.4, 0.5) is 0 Å². The van der Waals surface area contributed by atoms with Gasteiger partial charge in [-0.05, 0) is 54.3 Å². The van der Waals surface area contributed by atoms with E-state index in [2.05, 4.69) is 20.4 Å². The van der Waals surface area contributed by atoms with Gasteiger partial charge in [-0.25, -0.2) is 0 Å². The fraction of sp³-hybridized carbons (Fsp3) is 0.381. The number of likely N-dealkylation sites (tertiary alicyclic amines) is 1. The first-order chi connectivity index (χ1) is 14.8. The molecule has 0 N–H and O–H groups in total. The second-order valence-electron chi connectivity index (χ2n) is 7.52. The molecule has 4 heterocycles. The van der Waals surface area contributed by atoms with Crippen molar-refractivity contribution in [3.05, 3.63) is 48.3 Å². The molecular formula is C21H22N6O3. The lowest BCUT2D eigenvalue weighted by atomic mass is 9.97. The molecule has 0 radical (unpaired) electrons. The minimum atomic E-state index is 0.0145. The Balaban J connectivity index is 1.25. The number of pyridine rings is 1. The number of hydrogen-bond donors (Lipinski definition) is 0. The number of nitrogens with zero attached hydrogens (tertiary/aromatic N) is 6. The van der Waals surface area contributed by atoms with Gasteiger partial charge in [0.25, 0.3) is 5.91 Å². The molecule has 0 unspecified atom stereocenters. The van der Waals surface area contributed by atoms with Crippen LogP contribution in [-0.2, 0) is 6.54 Å². The first kappa shape index (κ1) is 18.5. The number of ether oxygens (including phenoxy) is 2. The summed E-state index contributed by atoms with van der Waals surface area (Å²) in [7, 11) is 0. The zero-order valence-corrected chi connectivity index (χ0v) is 16.5. The van der Waals surface area contributed by atoms with Crippen molar-refractivity contribution in [2.24, 2.45) is 5.92 Å². The number of carbonyl (C=O) groups is 1. The Bertz CT molecular complexity index is 1040. The maximum absolute atomic E-state index is 13.0. The number of tetrazole rings is 1. The summed E-state index contributed by atoms with van der Waals surface area (Å²) in [6.45, 7) is 3.08. The van der Waals surface area contributed by atoms with Crippen LogP contribution in [0.5, 0.6) is 11.5 Å². The van der Waals surface area contributed by atoms with Crippen molar-refractivity contribution < 1.29 is 14.3 Å². The molecule has 5 rings (SSSR count). The second kappa shape index (κ2) is 8.10. The minimum Gasteiger partial charge on any atom is -0.486 e. The maximum Gasteiger partial charge on any atom is 0.254 e. The van der Waals surface area contributed by atoms with E-state index in [1.807, 2.05) is 23.1 Å². The van der Waals surface area contributed by atoms with Crippen LogP contribution in [0, 0.1) is 5.92 Å². The molecule has 0 bridgehead atoms. The van der Waals surface area contributed by atoms with Gasteiger partial charge in [0, 0.05) is 36.6 Å². The first-order valence-corrected chi connectivity index (χ1v) is 10.1. The van der Waals surface area contributed by atoms with Crippen molar-refractivity contribution in [2.75, 3.05) is 26.3 Å². The highest BCUT2D eigenvalue weighted by Crippen LogP contribution is 2.31. The molecule has 0 spiro atoms. The van der Waals surface area contributed by atoms with Gasteiger partial charge in [-0.3, -0.25) is 9.78 Å². The summed E-state index contributed by atoms with van der Waals surface area (Å²) in [4.78, 5) is 20.6. The van der Waals surface area contributed by atoms with Gasteiger partial charge in [-0.2, -0.15) is 4.80 Å². The van der Waals surface area contributed by atoms with Crippen molar-refractivity contribution in [3.8, 4) is 22.9 Å². The molecule has 0 saturated carbocycles. The topological polar surface area (TPSA) is 95.3 Å². The van der Waals surface area contributed by atoms with Crippen LogP contribution in [0.1, 0.15) is 23.2 Å². The monoisotopic (exact) mass is 406 g/mol. The number of aromatic nitrogens is 5. The summed E-state index contributed by atoms with van der Waals surface area (Å²) in [6.07, 6.45) is 5.39. The van der Waals surface area contributed by atoms with Crippen molar-refractivity contribution in [2.45, 2.75) is 19.4 Å². The molecule has 2 aromatic heterocycles. The Kier molecular flexibility index (Phi) is 5.00. The van der Waals surface area contributed by atoms with Crippen molar-refractivity contribution in [1.29, 1.82) is 0 Å². The zero-order chi connectivity index (χ0) is 20.3. The molecule has 9 nitrogen and oxygen atoms in total. The van der Waals surface area contributed by atoms with E-state index in [0.29, 0.717) is 49.2 Å². The molecule has 3 aromatic rings. The van der Waals surface area contributed by atoms with E-state index >= 15 is 0 Å². The van der Waals surface area contributed by atoms with E-state index in [4.69, 9.17) is 9.47 Å². The van der Waals surface area contributed by atoms with Gasteiger partial charge < -0.3 is 14.4 Å². The van der Waals surface area contributed by atoms with E-state index < -0.39 is 0 Å². The van der Waals surface area contributed by atoms with Crippen molar-refractivity contribution in [3.63, 3.8) is 0 Å². The quantitative estimate of drug-likeness (QED) is 0.654. The molecule has 1 atom stereocenters. The van der Waals surface area contributed by atoms with Crippen LogP contribution in [0.15, 0.2) is 42.7 Å². The van der Waals surface area contributed by atoms with E-state index in [0.717, 1.165) is 24.9 Å². The molecule has 9 heteroatoms. The number of amides is 1. The van der Waals surface area contributed by atoms with Crippen molar-refractivity contribution in [1.82, 2.24) is 30.1 Å². The predicted octanol–water partition coefficient (Wildman–Crippen LogP) is 2.06. The highest BCUT2D eigenvalue weighted by atomic mass is 16.6. The van der Waals surface area contributed by atoms with Gasteiger partial charge in [0.1, 0.15) is 13.2 Å². The average molecular weight is 406 g/mol. The van der Waals surface area contributed by atoms with Crippen LogP contribution in [-0.4, -0.2) is 62.3 Å². The lowest BCUT2D eigenvalue weighted by molar-refractivity contribution is 0.0655. The molecule has 1 aromatic carbocycles. The number of carbonyl (C=O) groups excluding carboxylic acids is 1. The number of benzene rings is 1. The molecule has 30 heavy (non-hydrogen) atoms. The van der Waals surface area contributed by atoms with E-state index in [1.54, 1.807) is 29.3 Å². The highest BCUT2D eigenvalue weighted by Gasteiger charge is 2.26. The smallest absolute Gasteiger partial charge is 0.254 e. The minimum absolute atomic E-state index is 0.0145.